The molecule has 5 unspecified atom stereocenters. The van der Waals surface area contributed by atoms with Crippen LogP contribution in [-0.2, 0) is 25.2 Å². The van der Waals surface area contributed by atoms with Crippen LogP contribution >= 0.6 is 0 Å². The van der Waals surface area contributed by atoms with Crippen molar-refractivity contribution >= 4 is 22.8 Å². The van der Waals surface area contributed by atoms with Crippen LogP contribution in [0, 0.1) is 37.5 Å². The van der Waals surface area contributed by atoms with Crippen molar-refractivity contribution in [2.24, 2.45) is 23.7 Å². The Balaban J connectivity index is 1.24. The molecule has 6 rings (SSSR count). The van der Waals surface area contributed by atoms with Gasteiger partial charge in [0.15, 0.2) is 14.7 Å². The van der Waals surface area contributed by atoms with Gasteiger partial charge in [-0.15, -0.1) is 0 Å². The van der Waals surface area contributed by atoms with Crippen molar-refractivity contribution in [1.82, 2.24) is 0 Å². The Morgan fingerprint density at radius 3 is 1.91 bits per heavy atom. The van der Waals surface area contributed by atoms with E-state index in [1.165, 1.54) is 25.8 Å². The Morgan fingerprint density at radius 2 is 1.35 bits per heavy atom. The van der Waals surface area contributed by atoms with Crippen molar-refractivity contribution < 1.29 is 19.1 Å². The highest BCUT2D eigenvalue weighted by Gasteiger charge is 2.64. The van der Waals surface area contributed by atoms with Crippen LogP contribution in [0.1, 0.15) is 24.0 Å². The van der Waals surface area contributed by atoms with Crippen LogP contribution < -0.4 is 4.74 Å². The fourth-order valence-corrected chi connectivity index (χ4v) is 7.91. The molecule has 1 heterocycles. The van der Waals surface area contributed by atoms with Crippen LogP contribution in [0.5, 0.6) is 5.75 Å². The standard InChI is InChI=1S/C29H27O4S/c1-17-3-9-21(10-4-17)34(22-11-5-18(2)6-12-22)23-13-7-20(8-14-23)32-29(31)26-19-15-24-25(16-19)28(30)33-27(24)26/h3-14,19,24-27H,15-16H2,1-2H3/q+1. The molecule has 0 N–H and O–H groups in total. The Morgan fingerprint density at radius 1 is 0.824 bits per heavy atom. The summed E-state index contributed by atoms with van der Waals surface area (Å²) in [5, 5.41) is 0. The summed E-state index contributed by atoms with van der Waals surface area (Å²) in [6.45, 7) is 4.19. The minimum absolute atomic E-state index is 0.000179. The number of rotatable bonds is 5. The van der Waals surface area contributed by atoms with Crippen LogP contribution in [-0.4, -0.2) is 18.0 Å². The minimum atomic E-state index is -0.331. The van der Waals surface area contributed by atoms with E-state index in [2.05, 4.69) is 74.5 Å². The van der Waals surface area contributed by atoms with Crippen molar-refractivity contribution in [1.29, 1.82) is 0 Å². The number of hydrogen-bond acceptors (Lipinski definition) is 4. The molecule has 3 aliphatic rings. The molecular weight excluding hydrogens is 444 g/mol. The van der Waals surface area contributed by atoms with Gasteiger partial charge in [-0.25, -0.2) is 0 Å². The molecule has 172 valence electrons. The largest absolute Gasteiger partial charge is 0.461 e. The molecule has 4 nitrogen and oxygen atoms in total. The molecule has 3 aromatic rings. The fourth-order valence-electron chi connectivity index (χ4n) is 5.87. The summed E-state index contributed by atoms with van der Waals surface area (Å²) < 4.78 is 11.3. The molecular formula is C29H27O4S+. The molecule has 5 heteroatoms. The van der Waals surface area contributed by atoms with E-state index < -0.39 is 0 Å². The lowest BCUT2D eigenvalue weighted by Crippen LogP contribution is -2.35. The second kappa shape index (κ2) is 8.31. The average molecular weight is 472 g/mol. The van der Waals surface area contributed by atoms with E-state index >= 15 is 0 Å². The normalized spacial score (nSPS) is 26.7. The van der Waals surface area contributed by atoms with Gasteiger partial charge in [-0.05, 0) is 81.1 Å². The Labute approximate surface area is 202 Å². The first kappa shape index (κ1) is 21.5. The molecule has 1 saturated heterocycles. The zero-order chi connectivity index (χ0) is 23.4. The highest BCUT2D eigenvalue weighted by molar-refractivity contribution is 7.97. The van der Waals surface area contributed by atoms with Crippen LogP contribution in [0.2, 0.25) is 0 Å². The highest BCUT2D eigenvalue weighted by Crippen LogP contribution is 2.57. The molecule has 34 heavy (non-hydrogen) atoms. The Bertz CT molecular complexity index is 1190. The third kappa shape index (κ3) is 3.63. The number of fused-ring (bicyclic) bond motifs is 1. The summed E-state index contributed by atoms with van der Waals surface area (Å²) in [5.41, 5.74) is 2.47. The third-order valence-electron chi connectivity index (χ3n) is 7.55. The summed E-state index contributed by atoms with van der Waals surface area (Å²) in [7, 11) is -0.259. The van der Waals surface area contributed by atoms with Crippen molar-refractivity contribution in [3.05, 3.63) is 83.9 Å². The van der Waals surface area contributed by atoms with Gasteiger partial charge in [-0.2, -0.15) is 0 Å². The van der Waals surface area contributed by atoms with E-state index in [-0.39, 0.29) is 52.6 Å². The maximum absolute atomic E-state index is 13.0. The van der Waals surface area contributed by atoms with Gasteiger partial charge < -0.3 is 9.47 Å². The summed E-state index contributed by atoms with van der Waals surface area (Å²) in [6, 6.07) is 25.2. The SMILES string of the molecule is Cc1ccc([S+](c2ccc(C)cc2)c2ccc(OC(=O)C3C4CC5C(=O)OC3C5C4)cc2)cc1. The summed E-state index contributed by atoms with van der Waals surface area (Å²) >= 11 is 0. The van der Waals surface area contributed by atoms with Gasteiger partial charge in [0.1, 0.15) is 11.9 Å². The fraction of sp³-hybridized carbons (Fsp3) is 0.310. The summed E-state index contributed by atoms with van der Waals surface area (Å²) in [6.07, 6.45) is 1.36. The molecule has 3 aromatic carbocycles. The third-order valence-corrected chi connectivity index (χ3v) is 9.78. The van der Waals surface area contributed by atoms with Crippen LogP contribution in [0.4, 0.5) is 0 Å². The molecule has 5 atom stereocenters. The molecule has 2 bridgehead atoms. The Kier molecular flexibility index (Phi) is 5.25. The van der Waals surface area contributed by atoms with Crippen molar-refractivity contribution in [3.8, 4) is 5.75 Å². The minimum Gasteiger partial charge on any atom is -0.461 e. The van der Waals surface area contributed by atoms with Gasteiger partial charge in [0.25, 0.3) is 0 Å². The molecule has 0 amide bonds. The first-order chi connectivity index (χ1) is 16.5. The van der Waals surface area contributed by atoms with Crippen LogP contribution in [0.3, 0.4) is 0 Å². The zero-order valence-electron chi connectivity index (χ0n) is 19.3. The molecule has 1 aliphatic heterocycles. The molecule has 2 saturated carbocycles. The smallest absolute Gasteiger partial charge is 0.318 e. The van der Waals surface area contributed by atoms with Gasteiger partial charge in [-0.3, -0.25) is 9.59 Å². The second-order valence-corrected chi connectivity index (χ2v) is 11.8. The van der Waals surface area contributed by atoms with E-state index in [4.69, 9.17) is 9.47 Å². The van der Waals surface area contributed by atoms with Crippen molar-refractivity contribution in [2.45, 2.75) is 47.5 Å². The number of ether oxygens (including phenoxy) is 2. The maximum atomic E-state index is 13.0. The molecule has 2 aliphatic carbocycles. The van der Waals surface area contributed by atoms with E-state index in [1.807, 2.05) is 12.1 Å². The van der Waals surface area contributed by atoms with Gasteiger partial charge in [0.05, 0.1) is 22.7 Å². The number of carbonyl (C=O) groups excluding carboxylic acids is 2. The number of carbonyl (C=O) groups is 2. The van der Waals surface area contributed by atoms with Gasteiger partial charge in [0.2, 0.25) is 0 Å². The van der Waals surface area contributed by atoms with Gasteiger partial charge in [0, 0.05) is 5.92 Å². The monoisotopic (exact) mass is 471 g/mol. The van der Waals surface area contributed by atoms with Crippen molar-refractivity contribution in [2.75, 3.05) is 0 Å². The zero-order valence-corrected chi connectivity index (χ0v) is 20.1. The second-order valence-electron chi connectivity index (χ2n) is 9.75. The predicted molar refractivity (Wildman–Crippen MR) is 130 cm³/mol. The highest BCUT2D eigenvalue weighted by atomic mass is 32.2. The number of benzene rings is 3. The van der Waals surface area contributed by atoms with Crippen LogP contribution in [0.25, 0.3) is 0 Å². The first-order valence-corrected chi connectivity index (χ1v) is 13.1. The maximum Gasteiger partial charge on any atom is 0.318 e. The van der Waals surface area contributed by atoms with Gasteiger partial charge in [-0.1, -0.05) is 35.4 Å². The van der Waals surface area contributed by atoms with E-state index in [0.29, 0.717) is 5.75 Å². The number of aryl methyl sites for hydroxylation is 2. The summed E-state index contributed by atoms with van der Waals surface area (Å²) in [5.74, 6) is 0.206. The summed E-state index contributed by atoms with van der Waals surface area (Å²) in [4.78, 5) is 28.7. The quantitative estimate of drug-likeness (QED) is 0.280. The van der Waals surface area contributed by atoms with E-state index in [9.17, 15) is 9.59 Å². The molecule has 0 aromatic heterocycles. The molecule has 0 radical (unpaired) electrons. The lowest BCUT2D eigenvalue weighted by molar-refractivity contribution is -0.149. The van der Waals surface area contributed by atoms with Gasteiger partial charge >= 0.3 is 11.9 Å². The molecule has 0 spiro atoms. The predicted octanol–water partition coefficient (Wildman–Crippen LogP) is 5.50. The average Bonchev–Trinajstić information content (AvgIpc) is 3.46. The van der Waals surface area contributed by atoms with E-state index in [1.54, 1.807) is 0 Å². The van der Waals surface area contributed by atoms with Crippen molar-refractivity contribution in [3.63, 3.8) is 0 Å². The van der Waals surface area contributed by atoms with E-state index in [0.717, 1.165) is 12.8 Å². The number of hydrogen-bond donors (Lipinski definition) is 0. The number of esters is 2. The first-order valence-electron chi connectivity index (χ1n) is 11.9. The lowest BCUT2D eigenvalue weighted by Gasteiger charge is -2.23. The Hall–Kier alpha value is -3.05. The molecule has 3 fully saturated rings. The van der Waals surface area contributed by atoms with Crippen LogP contribution in [0.15, 0.2) is 87.5 Å². The lowest BCUT2D eigenvalue weighted by atomic mass is 9.82. The topological polar surface area (TPSA) is 52.6 Å².